The van der Waals surface area contributed by atoms with Gasteiger partial charge in [0.05, 0.1) is 5.56 Å². The maximum atomic E-state index is 12.7. The highest BCUT2D eigenvalue weighted by molar-refractivity contribution is 6.67. The Kier molecular flexibility index (Phi) is 3.34. The minimum Gasteiger partial charge on any atom is -0.276 e. The molecule has 0 aliphatic heterocycles. The molecule has 0 fully saturated rings. The van der Waals surface area contributed by atoms with Crippen LogP contribution >= 0.6 is 23.2 Å². The van der Waals surface area contributed by atoms with Crippen molar-refractivity contribution in [3.05, 3.63) is 28.3 Å². The molecular formula is C7H2Cl2F3NO. The summed E-state index contributed by atoms with van der Waals surface area (Å²) in [6.07, 6.45) is -3.04. The number of rotatable bonds is 2. The van der Waals surface area contributed by atoms with Gasteiger partial charge >= 0.3 is 0 Å². The molecule has 0 saturated carbocycles. The van der Waals surface area contributed by atoms with Gasteiger partial charge in [-0.3, -0.25) is 4.79 Å². The zero-order valence-corrected chi connectivity index (χ0v) is 7.91. The van der Waals surface area contributed by atoms with Gasteiger partial charge in [-0.1, -0.05) is 11.6 Å². The predicted molar refractivity (Wildman–Crippen MR) is 44.3 cm³/mol. The summed E-state index contributed by atoms with van der Waals surface area (Å²) in [6, 6.07) is 0.534. The number of carbonyl (C=O) groups is 1. The highest BCUT2D eigenvalue weighted by Gasteiger charge is 2.21. The average molecular weight is 244 g/mol. The Labute approximate surface area is 86.6 Å². The quantitative estimate of drug-likeness (QED) is 0.590. The van der Waals surface area contributed by atoms with E-state index in [-0.39, 0.29) is 0 Å². The fourth-order valence-electron chi connectivity index (χ4n) is 0.803. The molecule has 0 amide bonds. The zero-order chi connectivity index (χ0) is 10.9. The van der Waals surface area contributed by atoms with Crippen LogP contribution in [-0.4, -0.2) is 10.2 Å². The highest BCUT2D eigenvalue weighted by atomic mass is 35.5. The molecule has 0 aromatic carbocycles. The summed E-state index contributed by atoms with van der Waals surface area (Å²) in [4.78, 5) is 13.6. The molecule has 2 nitrogen and oxygen atoms in total. The summed E-state index contributed by atoms with van der Waals surface area (Å²) in [5.74, 6) is -1.07. The van der Waals surface area contributed by atoms with Crippen molar-refractivity contribution in [2.24, 2.45) is 0 Å². The monoisotopic (exact) mass is 243 g/mol. The summed E-state index contributed by atoms with van der Waals surface area (Å²) in [5.41, 5.74) is -1.60. The number of halogens is 5. The molecule has 0 aliphatic carbocycles. The second-order valence-corrected chi connectivity index (χ2v) is 2.97. The van der Waals surface area contributed by atoms with Crippen molar-refractivity contribution >= 4 is 28.4 Å². The van der Waals surface area contributed by atoms with Gasteiger partial charge in [-0.2, -0.15) is 0 Å². The fourth-order valence-corrected chi connectivity index (χ4v) is 1.10. The minimum atomic E-state index is -3.04. The molecule has 1 heterocycles. The first-order valence-electron chi connectivity index (χ1n) is 3.27. The van der Waals surface area contributed by atoms with Crippen LogP contribution < -0.4 is 0 Å². The Morgan fingerprint density at radius 1 is 1.50 bits per heavy atom. The Bertz CT molecular complexity index is 383. The van der Waals surface area contributed by atoms with Crippen LogP contribution in [0.5, 0.6) is 0 Å². The van der Waals surface area contributed by atoms with E-state index < -0.39 is 33.9 Å². The SMILES string of the molecule is O=C(Cl)c1cc(F)c(Cl)nc1C(F)F. The summed E-state index contributed by atoms with van der Waals surface area (Å²) >= 11 is 10.1. The van der Waals surface area contributed by atoms with Crippen molar-refractivity contribution in [3.63, 3.8) is 0 Å². The molecule has 14 heavy (non-hydrogen) atoms. The molecule has 0 spiro atoms. The number of hydrogen-bond donors (Lipinski definition) is 0. The maximum Gasteiger partial charge on any atom is 0.281 e. The van der Waals surface area contributed by atoms with Gasteiger partial charge in [-0.15, -0.1) is 0 Å². The van der Waals surface area contributed by atoms with Crippen molar-refractivity contribution in [1.82, 2.24) is 4.98 Å². The van der Waals surface area contributed by atoms with E-state index in [0.29, 0.717) is 6.07 Å². The van der Waals surface area contributed by atoms with E-state index in [4.69, 9.17) is 23.2 Å². The van der Waals surface area contributed by atoms with E-state index in [1.54, 1.807) is 0 Å². The van der Waals surface area contributed by atoms with Gasteiger partial charge in [-0.05, 0) is 17.7 Å². The van der Waals surface area contributed by atoms with Crippen LogP contribution in [0.3, 0.4) is 0 Å². The van der Waals surface area contributed by atoms with Crippen LogP contribution in [0.4, 0.5) is 13.2 Å². The molecule has 0 unspecified atom stereocenters. The molecule has 76 valence electrons. The van der Waals surface area contributed by atoms with Crippen molar-refractivity contribution in [3.8, 4) is 0 Å². The lowest BCUT2D eigenvalue weighted by molar-refractivity contribution is 0.106. The number of nitrogens with zero attached hydrogens (tertiary/aromatic N) is 1. The first-order chi connectivity index (χ1) is 6.43. The lowest BCUT2D eigenvalue weighted by Gasteiger charge is -2.04. The van der Waals surface area contributed by atoms with Crippen molar-refractivity contribution in [2.75, 3.05) is 0 Å². The van der Waals surface area contributed by atoms with E-state index in [9.17, 15) is 18.0 Å². The Hall–Kier alpha value is -0.810. The summed E-state index contributed by atoms with van der Waals surface area (Å²) in [5, 5.41) is -1.93. The number of aromatic nitrogens is 1. The topological polar surface area (TPSA) is 30.0 Å². The molecule has 0 saturated heterocycles. The van der Waals surface area contributed by atoms with Crippen molar-refractivity contribution in [1.29, 1.82) is 0 Å². The summed E-state index contributed by atoms with van der Waals surface area (Å²) < 4.78 is 37.2. The molecule has 0 aliphatic rings. The van der Waals surface area contributed by atoms with Crippen LogP contribution in [0, 0.1) is 5.82 Å². The Morgan fingerprint density at radius 3 is 2.50 bits per heavy atom. The van der Waals surface area contributed by atoms with Crippen LogP contribution in [0.2, 0.25) is 5.15 Å². The lowest BCUT2D eigenvalue weighted by Crippen LogP contribution is -2.03. The van der Waals surface area contributed by atoms with Gasteiger partial charge < -0.3 is 0 Å². The van der Waals surface area contributed by atoms with Crippen molar-refractivity contribution in [2.45, 2.75) is 6.43 Å². The van der Waals surface area contributed by atoms with E-state index in [1.165, 1.54) is 0 Å². The van der Waals surface area contributed by atoms with Gasteiger partial charge in [-0.25, -0.2) is 18.2 Å². The Morgan fingerprint density at radius 2 is 2.07 bits per heavy atom. The second-order valence-electron chi connectivity index (χ2n) is 2.27. The van der Waals surface area contributed by atoms with Crippen LogP contribution in [0.15, 0.2) is 6.07 Å². The molecular weight excluding hydrogens is 242 g/mol. The maximum absolute atomic E-state index is 12.7. The first kappa shape index (κ1) is 11.3. The van der Waals surface area contributed by atoms with Gasteiger partial charge in [0.15, 0.2) is 11.0 Å². The molecule has 1 aromatic heterocycles. The average Bonchev–Trinajstić information content (AvgIpc) is 2.08. The van der Waals surface area contributed by atoms with Crippen LogP contribution in [-0.2, 0) is 0 Å². The summed E-state index contributed by atoms with van der Waals surface area (Å²) in [7, 11) is 0. The van der Waals surface area contributed by atoms with Gasteiger partial charge in [0.25, 0.3) is 11.7 Å². The van der Waals surface area contributed by atoms with Crippen molar-refractivity contribution < 1.29 is 18.0 Å². The zero-order valence-electron chi connectivity index (χ0n) is 6.40. The van der Waals surface area contributed by atoms with Gasteiger partial charge in [0.2, 0.25) is 0 Å². The number of pyridine rings is 1. The molecule has 1 rings (SSSR count). The highest BCUT2D eigenvalue weighted by Crippen LogP contribution is 2.25. The third-order valence-electron chi connectivity index (χ3n) is 1.38. The third kappa shape index (κ3) is 2.16. The third-order valence-corrected chi connectivity index (χ3v) is 1.85. The Balaban J connectivity index is 3.39. The first-order valence-corrected chi connectivity index (χ1v) is 4.03. The van der Waals surface area contributed by atoms with E-state index >= 15 is 0 Å². The van der Waals surface area contributed by atoms with Gasteiger partial charge in [0, 0.05) is 0 Å². The van der Waals surface area contributed by atoms with Gasteiger partial charge in [0.1, 0.15) is 5.69 Å². The fraction of sp³-hybridized carbons (Fsp3) is 0.143. The summed E-state index contributed by atoms with van der Waals surface area (Å²) in [6.45, 7) is 0. The standard InChI is InChI=1S/C7H2Cl2F3NO/c8-5-3(10)1-2(6(9)14)4(13-5)7(11)12/h1,7H. The van der Waals surface area contributed by atoms with Crippen LogP contribution in [0.1, 0.15) is 22.5 Å². The second kappa shape index (κ2) is 4.14. The molecule has 0 radical (unpaired) electrons. The van der Waals surface area contributed by atoms with E-state index in [1.807, 2.05) is 0 Å². The van der Waals surface area contributed by atoms with E-state index in [2.05, 4.69) is 4.98 Å². The molecule has 0 bridgehead atoms. The number of hydrogen-bond acceptors (Lipinski definition) is 2. The normalized spacial score (nSPS) is 10.7. The molecule has 0 N–H and O–H groups in total. The predicted octanol–water partition coefficient (Wildman–Crippen LogP) is 3.19. The number of alkyl halides is 2. The molecule has 7 heteroatoms. The smallest absolute Gasteiger partial charge is 0.276 e. The van der Waals surface area contributed by atoms with Crippen LogP contribution in [0.25, 0.3) is 0 Å². The molecule has 0 atom stereocenters. The minimum absolute atomic E-state index is 0.534. The molecule has 1 aromatic rings. The van der Waals surface area contributed by atoms with E-state index in [0.717, 1.165) is 0 Å². The number of carbonyl (C=O) groups excluding carboxylic acids is 1. The lowest BCUT2D eigenvalue weighted by atomic mass is 10.2. The largest absolute Gasteiger partial charge is 0.281 e.